The third-order valence-corrected chi connectivity index (χ3v) is 3.10. The molecule has 1 rings (SSSR count). The molecule has 2 N–H and O–H groups in total. The van der Waals surface area contributed by atoms with Gasteiger partial charge in [-0.05, 0) is 44.3 Å². The van der Waals surface area contributed by atoms with Gasteiger partial charge in [0.05, 0.1) is 6.10 Å². The zero-order chi connectivity index (χ0) is 12.3. The summed E-state index contributed by atoms with van der Waals surface area (Å²) in [6.07, 6.45) is -0.220. The summed E-state index contributed by atoms with van der Waals surface area (Å²) in [7, 11) is -1.69. The lowest BCUT2D eigenvalue weighted by atomic mass is 10.0. The fraction of sp³-hybridized carbons (Fsp3) is 0.500. The Labute approximate surface area is 97.7 Å². The number of nitrogens with two attached hydrogens (primary N) is 1. The summed E-state index contributed by atoms with van der Waals surface area (Å²) in [6, 6.07) is 6.32. The summed E-state index contributed by atoms with van der Waals surface area (Å²) in [5, 5.41) is 0. The van der Waals surface area contributed by atoms with Crippen molar-refractivity contribution in [3.63, 3.8) is 0 Å². The van der Waals surface area contributed by atoms with E-state index in [0.29, 0.717) is 0 Å². The minimum Gasteiger partial charge on any atom is -0.409 e. The molecule has 0 heterocycles. The molecule has 0 radical (unpaired) electrons. The number of benzene rings is 1. The first-order valence-electron chi connectivity index (χ1n) is 5.48. The van der Waals surface area contributed by atoms with Gasteiger partial charge in [0, 0.05) is 6.04 Å². The molecule has 0 fully saturated rings. The maximum absolute atomic E-state index is 13.1. The molecule has 0 aliphatic carbocycles. The van der Waals surface area contributed by atoms with Crippen LogP contribution in [0.25, 0.3) is 0 Å². The summed E-state index contributed by atoms with van der Waals surface area (Å²) in [6.45, 7) is 8.18. The van der Waals surface area contributed by atoms with Crippen LogP contribution in [-0.4, -0.2) is 14.4 Å². The Morgan fingerprint density at radius 3 is 2.38 bits per heavy atom. The van der Waals surface area contributed by atoms with Gasteiger partial charge >= 0.3 is 0 Å². The molecule has 0 aliphatic heterocycles. The quantitative estimate of drug-likeness (QED) is 0.822. The lowest BCUT2D eigenvalue weighted by Crippen LogP contribution is -2.36. The van der Waals surface area contributed by atoms with Crippen LogP contribution in [0.2, 0.25) is 19.6 Å². The molecule has 2 nitrogen and oxygen atoms in total. The molecule has 90 valence electrons. The molecule has 0 aromatic heterocycles. The smallest absolute Gasteiger partial charge is 0.184 e. The molecule has 2 unspecified atom stereocenters. The van der Waals surface area contributed by atoms with Crippen molar-refractivity contribution in [1.82, 2.24) is 0 Å². The fourth-order valence-corrected chi connectivity index (χ4v) is 2.66. The second-order valence-corrected chi connectivity index (χ2v) is 9.53. The Balaban J connectivity index is 2.94. The Kier molecular flexibility index (Phi) is 4.24. The highest BCUT2D eigenvalue weighted by molar-refractivity contribution is 6.69. The van der Waals surface area contributed by atoms with Gasteiger partial charge in [0.15, 0.2) is 8.32 Å². The van der Waals surface area contributed by atoms with Crippen LogP contribution < -0.4 is 5.73 Å². The highest BCUT2D eigenvalue weighted by atomic mass is 28.4. The monoisotopic (exact) mass is 241 g/mol. The van der Waals surface area contributed by atoms with Crippen molar-refractivity contribution in [3.05, 3.63) is 35.6 Å². The molecule has 16 heavy (non-hydrogen) atoms. The summed E-state index contributed by atoms with van der Waals surface area (Å²) < 4.78 is 19.1. The second-order valence-electron chi connectivity index (χ2n) is 5.06. The first kappa shape index (κ1) is 13.4. The average Bonchev–Trinajstić information content (AvgIpc) is 2.12. The van der Waals surface area contributed by atoms with E-state index in [4.69, 9.17) is 10.2 Å². The maximum atomic E-state index is 13.1. The van der Waals surface area contributed by atoms with Gasteiger partial charge in [-0.25, -0.2) is 4.39 Å². The molecule has 0 amide bonds. The van der Waals surface area contributed by atoms with Gasteiger partial charge < -0.3 is 10.2 Å². The largest absolute Gasteiger partial charge is 0.409 e. The molecule has 0 bridgehead atoms. The van der Waals surface area contributed by atoms with Crippen molar-refractivity contribution < 1.29 is 8.82 Å². The third kappa shape index (κ3) is 4.04. The number of hydrogen-bond acceptors (Lipinski definition) is 2. The second kappa shape index (κ2) is 5.08. The Bertz CT molecular complexity index is 349. The zero-order valence-corrected chi connectivity index (χ0v) is 11.3. The van der Waals surface area contributed by atoms with E-state index in [0.717, 1.165) is 5.56 Å². The summed E-state index contributed by atoms with van der Waals surface area (Å²) in [5.41, 5.74) is 6.72. The van der Waals surface area contributed by atoms with Crippen molar-refractivity contribution >= 4 is 8.32 Å². The van der Waals surface area contributed by atoms with E-state index < -0.39 is 8.32 Å². The molecule has 4 heteroatoms. The SMILES string of the molecule is CC(N)C(O[Si](C)(C)C)c1cccc(F)c1. The molecule has 2 atom stereocenters. The number of rotatable bonds is 4. The number of halogens is 1. The van der Waals surface area contributed by atoms with Crippen molar-refractivity contribution in [2.45, 2.75) is 38.7 Å². The number of hydrogen-bond donors (Lipinski definition) is 1. The van der Waals surface area contributed by atoms with E-state index in [1.807, 2.05) is 13.0 Å². The molecule has 0 aliphatic rings. The van der Waals surface area contributed by atoms with Crippen molar-refractivity contribution in [1.29, 1.82) is 0 Å². The topological polar surface area (TPSA) is 35.2 Å². The van der Waals surface area contributed by atoms with Gasteiger partial charge in [-0.2, -0.15) is 0 Å². The van der Waals surface area contributed by atoms with Crippen molar-refractivity contribution in [2.75, 3.05) is 0 Å². The minimum atomic E-state index is -1.69. The van der Waals surface area contributed by atoms with Crippen LogP contribution in [0.15, 0.2) is 24.3 Å². The van der Waals surface area contributed by atoms with Crippen LogP contribution >= 0.6 is 0 Å². The van der Waals surface area contributed by atoms with Gasteiger partial charge in [-0.1, -0.05) is 12.1 Å². The Hall–Kier alpha value is -0.713. The maximum Gasteiger partial charge on any atom is 0.184 e. The summed E-state index contributed by atoms with van der Waals surface area (Å²) in [4.78, 5) is 0. The van der Waals surface area contributed by atoms with Crippen LogP contribution in [0, 0.1) is 5.82 Å². The van der Waals surface area contributed by atoms with E-state index in [1.54, 1.807) is 6.07 Å². The zero-order valence-electron chi connectivity index (χ0n) is 10.3. The van der Waals surface area contributed by atoms with Crippen molar-refractivity contribution in [2.24, 2.45) is 5.73 Å². The summed E-state index contributed by atoms with van der Waals surface area (Å²) >= 11 is 0. The summed E-state index contributed by atoms with van der Waals surface area (Å²) in [5.74, 6) is -0.248. The van der Waals surface area contributed by atoms with E-state index >= 15 is 0 Å². The Morgan fingerprint density at radius 2 is 1.94 bits per heavy atom. The average molecular weight is 241 g/mol. The predicted molar refractivity (Wildman–Crippen MR) is 67.2 cm³/mol. The van der Waals surface area contributed by atoms with E-state index in [2.05, 4.69) is 19.6 Å². The van der Waals surface area contributed by atoms with Gasteiger partial charge in [-0.15, -0.1) is 0 Å². The molecule has 1 aromatic rings. The van der Waals surface area contributed by atoms with Crippen LogP contribution in [0.1, 0.15) is 18.6 Å². The molecular weight excluding hydrogens is 221 g/mol. The lowest BCUT2D eigenvalue weighted by Gasteiger charge is -2.29. The molecule has 0 spiro atoms. The molecule has 1 aromatic carbocycles. The van der Waals surface area contributed by atoms with Gasteiger partial charge in [0.1, 0.15) is 5.82 Å². The lowest BCUT2D eigenvalue weighted by molar-refractivity contribution is 0.172. The normalized spacial score (nSPS) is 15.9. The molecule has 0 saturated heterocycles. The highest BCUT2D eigenvalue weighted by Crippen LogP contribution is 2.25. The predicted octanol–water partition coefficient (Wildman–Crippen LogP) is 3.07. The van der Waals surface area contributed by atoms with E-state index in [9.17, 15) is 4.39 Å². The van der Waals surface area contributed by atoms with Crippen molar-refractivity contribution in [3.8, 4) is 0 Å². The Morgan fingerprint density at radius 1 is 1.31 bits per heavy atom. The minimum absolute atomic E-state index is 0.145. The van der Waals surface area contributed by atoms with E-state index in [1.165, 1.54) is 12.1 Å². The van der Waals surface area contributed by atoms with Crippen LogP contribution in [-0.2, 0) is 4.43 Å². The van der Waals surface area contributed by atoms with Gasteiger partial charge in [-0.3, -0.25) is 0 Å². The first-order valence-corrected chi connectivity index (χ1v) is 8.89. The van der Waals surface area contributed by atoms with Gasteiger partial charge in [0.25, 0.3) is 0 Å². The molecular formula is C12H20FNOSi. The standard InChI is InChI=1S/C12H20FNOSi/c1-9(14)12(15-16(2,3)4)10-6-5-7-11(13)8-10/h5-9,12H,14H2,1-4H3. The van der Waals surface area contributed by atoms with Crippen LogP contribution in [0.5, 0.6) is 0 Å². The first-order chi connectivity index (χ1) is 7.29. The van der Waals surface area contributed by atoms with Gasteiger partial charge in [0.2, 0.25) is 0 Å². The van der Waals surface area contributed by atoms with Crippen LogP contribution in [0.4, 0.5) is 4.39 Å². The van der Waals surface area contributed by atoms with E-state index in [-0.39, 0.29) is 18.0 Å². The molecule has 0 saturated carbocycles. The van der Waals surface area contributed by atoms with Crippen LogP contribution in [0.3, 0.4) is 0 Å². The highest BCUT2D eigenvalue weighted by Gasteiger charge is 2.25. The third-order valence-electron chi connectivity index (χ3n) is 2.14. The fourth-order valence-electron chi connectivity index (χ4n) is 1.54.